The minimum absolute atomic E-state index is 0.823. The van der Waals surface area contributed by atoms with E-state index in [4.69, 9.17) is 4.74 Å². The first-order valence-corrected chi connectivity index (χ1v) is 3.60. The van der Waals surface area contributed by atoms with Gasteiger partial charge in [-0.1, -0.05) is 13.8 Å². The second-order valence-corrected chi connectivity index (χ2v) is 2.83. The van der Waals surface area contributed by atoms with Gasteiger partial charge in [0.25, 0.3) is 0 Å². The normalized spacial score (nSPS) is 17.7. The highest BCUT2D eigenvalue weighted by Crippen LogP contribution is 2.03. The van der Waals surface area contributed by atoms with E-state index in [9.17, 15) is 0 Å². The molecule has 0 bridgehead atoms. The molecule has 0 fully saturated rings. The molecule has 0 spiro atoms. The molecule has 2 nitrogen and oxygen atoms in total. The van der Waals surface area contributed by atoms with Crippen molar-refractivity contribution in [2.24, 2.45) is 0 Å². The lowest BCUT2D eigenvalue weighted by Gasteiger charge is -2.24. The van der Waals surface area contributed by atoms with Crippen LogP contribution in [0.2, 0.25) is 0 Å². The minimum atomic E-state index is 0.823. The van der Waals surface area contributed by atoms with E-state index < -0.39 is 0 Å². The standard InChI is InChI=1S/C8H14NO/c1-8(2)7-9-3-5-10-6-4-9/h3,5H,4,6-7H2,1-2H3. The third kappa shape index (κ3) is 2.29. The second-order valence-electron chi connectivity index (χ2n) is 2.83. The number of hydrogen-bond donors (Lipinski definition) is 0. The van der Waals surface area contributed by atoms with Crippen LogP contribution in [0.25, 0.3) is 0 Å². The molecule has 0 saturated heterocycles. The van der Waals surface area contributed by atoms with Crippen molar-refractivity contribution in [1.82, 2.24) is 4.90 Å². The fourth-order valence-corrected chi connectivity index (χ4v) is 0.980. The Kier molecular flexibility index (Phi) is 2.60. The summed E-state index contributed by atoms with van der Waals surface area (Å²) >= 11 is 0. The fourth-order valence-electron chi connectivity index (χ4n) is 0.980. The largest absolute Gasteiger partial charge is 0.498 e. The predicted octanol–water partition coefficient (Wildman–Crippen LogP) is 1.40. The van der Waals surface area contributed by atoms with E-state index in [0.717, 1.165) is 19.7 Å². The van der Waals surface area contributed by atoms with E-state index in [-0.39, 0.29) is 0 Å². The van der Waals surface area contributed by atoms with Crippen molar-refractivity contribution in [1.29, 1.82) is 0 Å². The molecule has 0 aromatic carbocycles. The van der Waals surface area contributed by atoms with Gasteiger partial charge in [-0.3, -0.25) is 0 Å². The molecular weight excluding hydrogens is 126 g/mol. The lowest BCUT2D eigenvalue weighted by atomic mass is 10.2. The third-order valence-electron chi connectivity index (χ3n) is 1.38. The van der Waals surface area contributed by atoms with Crippen molar-refractivity contribution in [3.05, 3.63) is 18.4 Å². The highest BCUT2D eigenvalue weighted by Gasteiger charge is 2.05. The molecule has 1 aliphatic rings. The van der Waals surface area contributed by atoms with Crippen molar-refractivity contribution < 1.29 is 4.74 Å². The molecule has 0 aliphatic carbocycles. The first kappa shape index (κ1) is 7.45. The molecule has 1 heterocycles. The summed E-state index contributed by atoms with van der Waals surface area (Å²) in [6, 6.07) is 0. The molecule has 1 rings (SSSR count). The van der Waals surface area contributed by atoms with E-state index in [0.29, 0.717) is 0 Å². The highest BCUT2D eigenvalue weighted by atomic mass is 16.5. The third-order valence-corrected chi connectivity index (χ3v) is 1.38. The lowest BCUT2D eigenvalue weighted by Crippen LogP contribution is -2.27. The number of rotatable bonds is 2. The van der Waals surface area contributed by atoms with Crippen molar-refractivity contribution in [3.63, 3.8) is 0 Å². The van der Waals surface area contributed by atoms with Gasteiger partial charge in [0.15, 0.2) is 0 Å². The van der Waals surface area contributed by atoms with Gasteiger partial charge in [-0.15, -0.1) is 0 Å². The van der Waals surface area contributed by atoms with Gasteiger partial charge in [-0.2, -0.15) is 0 Å². The Morgan fingerprint density at radius 3 is 2.90 bits per heavy atom. The Bertz CT molecular complexity index is 120. The van der Waals surface area contributed by atoms with Crippen LogP contribution in [-0.4, -0.2) is 24.6 Å². The quantitative estimate of drug-likeness (QED) is 0.575. The molecule has 1 aliphatic heterocycles. The molecule has 0 saturated carbocycles. The molecule has 0 unspecified atom stereocenters. The van der Waals surface area contributed by atoms with Crippen LogP contribution in [0.3, 0.4) is 0 Å². The summed E-state index contributed by atoms with van der Waals surface area (Å²) in [5.74, 6) is 1.44. The summed E-state index contributed by atoms with van der Waals surface area (Å²) in [6.07, 6.45) is 3.75. The topological polar surface area (TPSA) is 12.5 Å². The van der Waals surface area contributed by atoms with Gasteiger partial charge in [0.1, 0.15) is 6.61 Å². The van der Waals surface area contributed by atoms with Crippen molar-refractivity contribution >= 4 is 0 Å². The van der Waals surface area contributed by atoms with E-state index in [2.05, 4.69) is 18.7 Å². The molecule has 0 atom stereocenters. The van der Waals surface area contributed by atoms with Gasteiger partial charge in [0, 0.05) is 12.7 Å². The van der Waals surface area contributed by atoms with Gasteiger partial charge in [-0.05, 0) is 5.92 Å². The molecule has 57 valence electrons. The monoisotopic (exact) mass is 140 g/mol. The summed E-state index contributed by atoms with van der Waals surface area (Å²) in [5.41, 5.74) is 0. The molecular formula is C8H14NO. The van der Waals surface area contributed by atoms with Crippen molar-refractivity contribution in [2.45, 2.75) is 13.8 Å². The van der Waals surface area contributed by atoms with Crippen LogP contribution >= 0.6 is 0 Å². The van der Waals surface area contributed by atoms with E-state index in [1.54, 1.807) is 6.26 Å². The zero-order valence-corrected chi connectivity index (χ0v) is 6.63. The zero-order chi connectivity index (χ0) is 7.40. The first-order chi connectivity index (χ1) is 4.79. The molecule has 0 aromatic rings. The second kappa shape index (κ2) is 3.49. The van der Waals surface area contributed by atoms with Gasteiger partial charge in [0.05, 0.1) is 12.8 Å². The number of nitrogens with zero attached hydrogens (tertiary/aromatic N) is 1. The maximum absolute atomic E-state index is 5.05. The van der Waals surface area contributed by atoms with Gasteiger partial charge in [0.2, 0.25) is 0 Å². The van der Waals surface area contributed by atoms with Crippen LogP contribution < -0.4 is 0 Å². The average molecular weight is 140 g/mol. The van der Waals surface area contributed by atoms with Gasteiger partial charge < -0.3 is 9.64 Å². The maximum atomic E-state index is 5.05. The van der Waals surface area contributed by atoms with E-state index in [1.807, 2.05) is 6.20 Å². The lowest BCUT2D eigenvalue weighted by molar-refractivity contribution is 0.176. The summed E-state index contributed by atoms with van der Waals surface area (Å²) in [7, 11) is 0. The van der Waals surface area contributed by atoms with Gasteiger partial charge >= 0.3 is 0 Å². The van der Waals surface area contributed by atoms with E-state index >= 15 is 0 Å². The molecule has 0 N–H and O–H groups in total. The van der Waals surface area contributed by atoms with Crippen molar-refractivity contribution in [3.8, 4) is 0 Å². The predicted molar refractivity (Wildman–Crippen MR) is 41.3 cm³/mol. The Morgan fingerprint density at radius 2 is 2.40 bits per heavy atom. The van der Waals surface area contributed by atoms with E-state index in [1.165, 1.54) is 5.92 Å². The van der Waals surface area contributed by atoms with Crippen LogP contribution in [0, 0.1) is 5.92 Å². The molecule has 10 heavy (non-hydrogen) atoms. The molecule has 2 heteroatoms. The summed E-state index contributed by atoms with van der Waals surface area (Å²) < 4.78 is 5.05. The Labute approximate surface area is 62.5 Å². The van der Waals surface area contributed by atoms with Crippen LogP contribution in [0.15, 0.2) is 12.5 Å². The van der Waals surface area contributed by atoms with Crippen molar-refractivity contribution in [2.75, 3.05) is 19.7 Å². The SMILES string of the molecule is C[C](C)CN1C=COCC1. The van der Waals surface area contributed by atoms with Crippen LogP contribution in [-0.2, 0) is 4.74 Å². The summed E-state index contributed by atoms with van der Waals surface area (Å²) in [5, 5.41) is 0. The highest BCUT2D eigenvalue weighted by molar-refractivity contribution is 4.89. The number of ether oxygens (including phenoxy) is 1. The Balaban J connectivity index is 2.26. The van der Waals surface area contributed by atoms with Crippen LogP contribution in [0.5, 0.6) is 0 Å². The molecule has 0 aromatic heterocycles. The first-order valence-electron chi connectivity index (χ1n) is 3.60. The van der Waals surface area contributed by atoms with Crippen LogP contribution in [0.4, 0.5) is 0 Å². The summed E-state index contributed by atoms with van der Waals surface area (Å²) in [6.45, 7) is 7.18. The average Bonchev–Trinajstić information content (AvgIpc) is 1.88. The van der Waals surface area contributed by atoms with Gasteiger partial charge in [-0.25, -0.2) is 0 Å². The Morgan fingerprint density at radius 1 is 1.60 bits per heavy atom. The fraction of sp³-hybridized carbons (Fsp3) is 0.625. The smallest absolute Gasteiger partial charge is 0.105 e. The molecule has 1 radical (unpaired) electrons. The maximum Gasteiger partial charge on any atom is 0.105 e. The molecule has 0 amide bonds. The zero-order valence-electron chi connectivity index (χ0n) is 6.63. The number of hydrogen-bond acceptors (Lipinski definition) is 2. The summed E-state index contributed by atoms with van der Waals surface area (Å²) in [4.78, 5) is 2.25. The van der Waals surface area contributed by atoms with Crippen LogP contribution in [0.1, 0.15) is 13.8 Å². The minimum Gasteiger partial charge on any atom is -0.498 e. The Hall–Kier alpha value is -0.660.